The number of carbonyl (C=O) groups excluding carboxylic acids is 1. The Morgan fingerprint density at radius 1 is 1.10 bits per heavy atom. The molecule has 1 atom stereocenters. The largest absolute Gasteiger partial charge is 0.289 e. The van der Waals surface area contributed by atoms with Gasteiger partial charge in [-0.3, -0.25) is 4.79 Å². The molecule has 0 saturated heterocycles. The maximum atomic E-state index is 13.2. The number of ketones is 1. The zero-order valence-corrected chi connectivity index (χ0v) is 17.0. The maximum Gasteiger partial charge on any atom is 0.225 e. The number of hydrogen-bond acceptors (Lipinski definition) is 7. The molecule has 0 aliphatic heterocycles. The topological polar surface area (TPSA) is 108 Å². The molecule has 2 heterocycles. The van der Waals surface area contributed by atoms with Gasteiger partial charge in [0.1, 0.15) is 16.6 Å². The lowest BCUT2D eigenvalue weighted by Crippen LogP contribution is -2.13. The molecular weight excluding hydrogens is 415 g/mol. The monoisotopic (exact) mass is 428 g/mol. The fourth-order valence-electron chi connectivity index (χ4n) is 2.94. The molecule has 4 rings (SSSR count). The van der Waals surface area contributed by atoms with Crippen LogP contribution in [0.4, 0.5) is 4.39 Å². The van der Waals surface area contributed by atoms with E-state index in [2.05, 4.69) is 21.1 Å². The van der Waals surface area contributed by atoms with E-state index in [1.54, 1.807) is 36.6 Å². The van der Waals surface area contributed by atoms with E-state index in [0.717, 1.165) is 5.56 Å². The Morgan fingerprint density at radius 3 is 2.45 bits per heavy atom. The first-order valence-corrected chi connectivity index (χ1v) is 9.97. The molecule has 9 heteroatoms. The van der Waals surface area contributed by atoms with Gasteiger partial charge < -0.3 is 0 Å². The van der Waals surface area contributed by atoms with Crippen LogP contribution < -0.4 is 0 Å². The van der Waals surface area contributed by atoms with Crippen LogP contribution in [0.15, 0.2) is 53.9 Å². The van der Waals surface area contributed by atoms with Crippen LogP contribution in [0.5, 0.6) is 0 Å². The standard InChI is InChI=1S/C22H13FN6OS/c1-13-26-21(28-29(13)17-8-6-16(23)7-9-17)20(30)18(11-25)22-27-19(12-31-22)15-4-2-14(10-24)3-5-15/h2-9,12,18H,1H3. The third kappa shape index (κ3) is 3.95. The van der Waals surface area contributed by atoms with Crippen molar-refractivity contribution in [3.05, 3.63) is 81.9 Å². The minimum absolute atomic E-state index is 0.108. The second kappa shape index (κ2) is 8.27. The van der Waals surface area contributed by atoms with Crippen molar-refractivity contribution < 1.29 is 9.18 Å². The SMILES string of the molecule is Cc1nc(C(=O)C(C#N)c2nc(-c3ccc(C#N)cc3)cs2)nn1-c1ccc(F)cc1. The smallest absolute Gasteiger partial charge is 0.225 e. The fraction of sp³-hybridized carbons (Fsp3) is 0.0909. The molecule has 0 aliphatic rings. The summed E-state index contributed by atoms with van der Waals surface area (Å²) in [6, 6.07) is 16.5. The Balaban J connectivity index is 1.61. The zero-order valence-electron chi connectivity index (χ0n) is 16.2. The van der Waals surface area contributed by atoms with Gasteiger partial charge in [-0.15, -0.1) is 16.4 Å². The van der Waals surface area contributed by atoms with Crippen LogP contribution in [-0.2, 0) is 0 Å². The van der Waals surface area contributed by atoms with Crippen molar-refractivity contribution in [2.45, 2.75) is 12.8 Å². The molecule has 4 aromatic rings. The van der Waals surface area contributed by atoms with Crippen molar-refractivity contribution >= 4 is 17.1 Å². The summed E-state index contributed by atoms with van der Waals surface area (Å²) >= 11 is 1.20. The van der Waals surface area contributed by atoms with Gasteiger partial charge in [0.05, 0.1) is 29.1 Å². The Bertz CT molecular complexity index is 1340. The number of Topliss-reactive ketones (excluding diaryl/α,β-unsaturated/α-hetero) is 1. The van der Waals surface area contributed by atoms with Crippen LogP contribution in [0.3, 0.4) is 0 Å². The van der Waals surface area contributed by atoms with Gasteiger partial charge in [0.25, 0.3) is 0 Å². The first kappa shape index (κ1) is 20.1. The number of rotatable bonds is 5. The molecular formula is C22H13FN6OS. The number of hydrogen-bond donors (Lipinski definition) is 0. The Labute approximate surface area is 180 Å². The van der Waals surface area contributed by atoms with Gasteiger partial charge in [0, 0.05) is 10.9 Å². The summed E-state index contributed by atoms with van der Waals surface area (Å²) in [6.45, 7) is 1.67. The molecule has 0 bridgehead atoms. The van der Waals surface area contributed by atoms with E-state index in [1.807, 2.05) is 6.07 Å². The molecule has 1 unspecified atom stereocenters. The second-order valence-electron chi connectivity index (χ2n) is 6.56. The van der Waals surface area contributed by atoms with E-state index in [-0.39, 0.29) is 11.6 Å². The summed E-state index contributed by atoms with van der Waals surface area (Å²) in [5.41, 5.74) is 2.47. The first-order valence-electron chi connectivity index (χ1n) is 9.09. The highest BCUT2D eigenvalue weighted by Gasteiger charge is 2.29. The number of halogens is 1. The lowest BCUT2D eigenvalue weighted by molar-refractivity contribution is 0.0968. The van der Waals surface area contributed by atoms with Crippen molar-refractivity contribution in [1.29, 1.82) is 10.5 Å². The summed E-state index contributed by atoms with van der Waals surface area (Å²) in [7, 11) is 0. The van der Waals surface area contributed by atoms with Gasteiger partial charge in [-0.05, 0) is 43.3 Å². The predicted molar refractivity (Wildman–Crippen MR) is 111 cm³/mol. The van der Waals surface area contributed by atoms with Crippen molar-refractivity contribution in [3.8, 4) is 29.1 Å². The van der Waals surface area contributed by atoms with Gasteiger partial charge in [-0.1, -0.05) is 12.1 Å². The van der Waals surface area contributed by atoms with Crippen molar-refractivity contribution in [1.82, 2.24) is 19.7 Å². The van der Waals surface area contributed by atoms with Crippen LogP contribution >= 0.6 is 11.3 Å². The summed E-state index contributed by atoms with van der Waals surface area (Å²) in [6.07, 6.45) is 0. The number of aromatic nitrogens is 4. The van der Waals surface area contributed by atoms with Crippen molar-refractivity contribution in [2.75, 3.05) is 0 Å². The molecule has 0 fully saturated rings. The number of carbonyl (C=O) groups is 1. The fourth-order valence-corrected chi connectivity index (χ4v) is 3.81. The average Bonchev–Trinajstić information content (AvgIpc) is 3.42. The minimum Gasteiger partial charge on any atom is -0.289 e. The molecule has 0 aliphatic carbocycles. The van der Waals surface area contributed by atoms with Crippen LogP contribution in [0, 0.1) is 35.4 Å². The van der Waals surface area contributed by atoms with Crippen LogP contribution in [0.1, 0.15) is 32.9 Å². The van der Waals surface area contributed by atoms with Crippen LogP contribution in [0.25, 0.3) is 16.9 Å². The number of nitrogens with zero attached hydrogens (tertiary/aromatic N) is 6. The molecule has 0 N–H and O–H groups in total. The molecule has 7 nitrogen and oxygen atoms in total. The molecule has 150 valence electrons. The zero-order chi connectivity index (χ0) is 22.0. The summed E-state index contributed by atoms with van der Waals surface area (Å²) in [4.78, 5) is 21.6. The van der Waals surface area contributed by atoms with E-state index in [4.69, 9.17) is 5.26 Å². The number of aryl methyl sites for hydroxylation is 1. The molecule has 0 amide bonds. The molecule has 2 aromatic heterocycles. The van der Waals surface area contributed by atoms with E-state index in [0.29, 0.717) is 27.8 Å². The number of thiazole rings is 1. The van der Waals surface area contributed by atoms with Gasteiger partial charge in [0.15, 0.2) is 5.92 Å². The third-order valence-corrected chi connectivity index (χ3v) is 5.44. The third-order valence-electron chi connectivity index (χ3n) is 4.53. The first-order chi connectivity index (χ1) is 15.0. The molecule has 2 aromatic carbocycles. The lowest BCUT2D eigenvalue weighted by Gasteiger charge is -2.03. The van der Waals surface area contributed by atoms with E-state index in [1.165, 1.54) is 40.3 Å². The highest BCUT2D eigenvalue weighted by atomic mass is 32.1. The van der Waals surface area contributed by atoms with Gasteiger partial charge in [0.2, 0.25) is 11.6 Å². The number of nitriles is 2. The number of benzene rings is 2. The molecule has 0 spiro atoms. The van der Waals surface area contributed by atoms with Crippen molar-refractivity contribution in [2.24, 2.45) is 0 Å². The Kier molecular flexibility index (Phi) is 5.35. The maximum absolute atomic E-state index is 13.2. The lowest BCUT2D eigenvalue weighted by atomic mass is 10.1. The van der Waals surface area contributed by atoms with Crippen molar-refractivity contribution in [3.63, 3.8) is 0 Å². The Hall–Kier alpha value is -4.21. The van der Waals surface area contributed by atoms with E-state index in [9.17, 15) is 14.4 Å². The average molecular weight is 428 g/mol. The summed E-state index contributed by atoms with van der Waals surface area (Å²) in [5.74, 6) is -1.77. The van der Waals surface area contributed by atoms with Gasteiger partial charge >= 0.3 is 0 Å². The quantitative estimate of drug-likeness (QED) is 0.441. The molecule has 31 heavy (non-hydrogen) atoms. The second-order valence-corrected chi connectivity index (χ2v) is 7.45. The van der Waals surface area contributed by atoms with Gasteiger partial charge in [-0.2, -0.15) is 10.5 Å². The normalized spacial score (nSPS) is 11.5. The van der Waals surface area contributed by atoms with Crippen LogP contribution in [-0.4, -0.2) is 25.5 Å². The van der Waals surface area contributed by atoms with Gasteiger partial charge in [-0.25, -0.2) is 19.0 Å². The van der Waals surface area contributed by atoms with E-state index < -0.39 is 11.7 Å². The summed E-state index contributed by atoms with van der Waals surface area (Å²) < 4.78 is 14.6. The molecule has 0 saturated carbocycles. The minimum atomic E-state index is -1.15. The molecule has 0 radical (unpaired) electrons. The van der Waals surface area contributed by atoms with E-state index >= 15 is 0 Å². The highest BCUT2D eigenvalue weighted by Crippen LogP contribution is 2.28. The predicted octanol–water partition coefficient (Wildman–Crippen LogP) is 4.20. The van der Waals surface area contributed by atoms with Crippen LogP contribution in [0.2, 0.25) is 0 Å². The highest BCUT2D eigenvalue weighted by molar-refractivity contribution is 7.10. The Morgan fingerprint density at radius 2 is 1.81 bits per heavy atom. The summed E-state index contributed by atoms with van der Waals surface area (Å²) in [5, 5.41) is 24.9.